The summed E-state index contributed by atoms with van der Waals surface area (Å²) in [6.07, 6.45) is 7.39. The summed E-state index contributed by atoms with van der Waals surface area (Å²) in [5, 5.41) is 1.57. The van der Waals surface area contributed by atoms with Gasteiger partial charge in [0.25, 0.3) is 0 Å². The molecule has 9 rings (SSSR count). The molecule has 0 saturated heterocycles. The number of hydrogen-bond donors (Lipinski definition) is 0. The molecule has 1 aliphatic heterocycles. The smallest absolute Gasteiger partial charge is 0.448 e. The second kappa shape index (κ2) is 10.6. The van der Waals surface area contributed by atoms with Gasteiger partial charge in [0.05, 0.1) is 14.2 Å². The zero-order valence-corrected chi connectivity index (χ0v) is 29.7. The normalized spacial score (nSPS) is 18.6. The minimum absolute atomic E-state index is 0.0431. The van der Waals surface area contributed by atoms with E-state index in [9.17, 15) is 4.79 Å². The number of rotatable bonds is 4. The first kappa shape index (κ1) is 31.7. The molecule has 1 fully saturated rings. The first-order valence-electron chi connectivity index (χ1n) is 17.5. The summed E-state index contributed by atoms with van der Waals surface area (Å²) in [5.74, 6) is 1.09. The Morgan fingerprint density at radius 1 is 0.765 bits per heavy atom. The lowest BCUT2D eigenvalue weighted by atomic mass is 9.52. The number of hydrogen-bond acceptors (Lipinski definition) is 5. The van der Waals surface area contributed by atoms with E-state index in [0.29, 0.717) is 5.75 Å². The third-order valence-corrected chi connectivity index (χ3v) is 11.4. The van der Waals surface area contributed by atoms with Crippen LogP contribution in [0.3, 0.4) is 0 Å². The Morgan fingerprint density at radius 2 is 1.37 bits per heavy atom. The molecule has 1 aromatic heterocycles. The quantitative estimate of drug-likeness (QED) is 0.185. The summed E-state index contributed by atoms with van der Waals surface area (Å²) in [6, 6.07) is 28.1. The maximum Gasteiger partial charge on any atom is 0.448 e. The van der Waals surface area contributed by atoms with Gasteiger partial charge in [-0.2, -0.15) is 0 Å². The van der Waals surface area contributed by atoms with Crippen LogP contribution in [0.4, 0.5) is 4.48 Å². The number of methoxy groups -OCH3 is 2. The number of oxazole rings is 1. The van der Waals surface area contributed by atoms with Crippen LogP contribution in [0.5, 0.6) is 17.2 Å². The summed E-state index contributed by atoms with van der Waals surface area (Å²) in [5.41, 5.74) is 6.49. The monoisotopic (exact) mass is 681 g/mol. The lowest BCUT2D eigenvalue weighted by molar-refractivity contribution is 0.0642. The van der Waals surface area contributed by atoms with Crippen LogP contribution in [0.1, 0.15) is 74.8 Å². The fourth-order valence-corrected chi connectivity index (χ4v) is 10.3. The number of benzene rings is 5. The summed E-state index contributed by atoms with van der Waals surface area (Å²) >= 11 is 0. The van der Waals surface area contributed by atoms with E-state index in [1.807, 2.05) is 48.5 Å². The highest BCUT2D eigenvalue weighted by molar-refractivity contribution is 6.12. The van der Waals surface area contributed by atoms with Crippen molar-refractivity contribution >= 4 is 27.9 Å². The molecule has 7 heteroatoms. The van der Waals surface area contributed by atoms with Crippen molar-refractivity contribution in [3.05, 3.63) is 129 Å². The Hall–Kier alpha value is -5.30. The van der Waals surface area contributed by atoms with Crippen molar-refractivity contribution in [1.29, 1.82) is 0 Å². The Balaban J connectivity index is 1.41. The second-order valence-corrected chi connectivity index (χ2v) is 16.1. The molecule has 3 aliphatic rings. The average Bonchev–Trinajstić information content (AvgIpc) is 3.54. The standard InChI is InChI=1S/C44H40FNO5/c1-41(2)23-42(3,4)25-43(24-41)34-10-8-7-9-30(34)37-32-21-35-36(50-40(47)46(35)45)22-33(32)39-31(38(37)43)19-20-44(51-39,26-11-15-28(48-5)16-12-26)27-13-17-29(49-6)18-14-27/h7-22H,23-25H2,1-6H3. The van der Waals surface area contributed by atoms with Gasteiger partial charge in [-0.05, 0) is 100 Å². The van der Waals surface area contributed by atoms with Crippen LogP contribution in [0.15, 0.2) is 100 Å². The van der Waals surface area contributed by atoms with Gasteiger partial charge in [-0.15, -0.1) is 4.79 Å². The lowest BCUT2D eigenvalue weighted by Gasteiger charge is -2.52. The molecule has 1 saturated carbocycles. The van der Waals surface area contributed by atoms with Gasteiger partial charge in [-0.1, -0.05) is 86.8 Å². The summed E-state index contributed by atoms with van der Waals surface area (Å²) in [6.45, 7) is 9.52. The second-order valence-electron chi connectivity index (χ2n) is 16.1. The Kier molecular flexibility index (Phi) is 6.59. The molecule has 0 atom stereocenters. The fraction of sp³-hybridized carbons (Fsp3) is 0.295. The topological polar surface area (TPSA) is 62.8 Å². The van der Waals surface area contributed by atoms with Crippen LogP contribution in [0.25, 0.3) is 39.1 Å². The molecular formula is C44H40FNO5. The van der Waals surface area contributed by atoms with Crippen LogP contribution in [0.2, 0.25) is 0 Å². The molecule has 5 aromatic carbocycles. The van der Waals surface area contributed by atoms with Crippen molar-refractivity contribution in [3.63, 3.8) is 0 Å². The number of halogens is 1. The van der Waals surface area contributed by atoms with Gasteiger partial charge < -0.3 is 18.6 Å². The van der Waals surface area contributed by atoms with Crippen LogP contribution >= 0.6 is 0 Å². The van der Waals surface area contributed by atoms with Crippen molar-refractivity contribution in [2.24, 2.45) is 10.8 Å². The third kappa shape index (κ3) is 4.49. The van der Waals surface area contributed by atoms with Crippen LogP contribution in [-0.2, 0) is 11.0 Å². The van der Waals surface area contributed by atoms with Crippen molar-refractivity contribution in [2.75, 3.05) is 14.2 Å². The highest BCUT2D eigenvalue weighted by Crippen LogP contribution is 2.67. The van der Waals surface area contributed by atoms with Crippen LogP contribution < -0.4 is 20.0 Å². The maximum absolute atomic E-state index is 15.4. The van der Waals surface area contributed by atoms with E-state index in [1.54, 1.807) is 26.4 Å². The summed E-state index contributed by atoms with van der Waals surface area (Å²) in [7, 11) is 3.30. The molecule has 0 N–H and O–H groups in total. The molecule has 51 heavy (non-hydrogen) atoms. The van der Waals surface area contributed by atoms with E-state index < -0.39 is 11.4 Å². The summed E-state index contributed by atoms with van der Waals surface area (Å²) < 4.78 is 39.4. The Bertz CT molecular complexity index is 2420. The number of nitrogens with zero attached hydrogens (tertiary/aromatic N) is 1. The number of ether oxygens (including phenoxy) is 3. The van der Waals surface area contributed by atoms with Crippen LogP contribution in [-0.4, -0.2) is 19.0 Å². The van der Waals surface area contributed by atoms with Gasteiger partial charge in [0, 0.05) is 27.5 Å². The molecule has 6 nitrogen and oxygen atoms in total. The molecule has 2 aliphatic carbocycles. The van der Waals surface area contributed by atoms with E-state index in [4.69, 9.17) is 18.6 Å². The van der Waals surface area contributed by atoms with Gasteiger partial charge in [-0.25, -0.2) is 4.79 Å². The van der Waals surface area contributed by atoms with E-state index in [0.717, 1.165) is 69.4 Å². The molecule has 0 bridgehead atoms. The van der Waals surface area contributed by atoms with Gasteiger partial charge in [0.15, 0.2) is 11.2 Å². The molecule has 6 aromatic rings. The van der Waals surface area contributed by atoms with Crippen molar-refractivity contribution in [2.45, 2.75) is 58.0 Å². The van der Waals surface area contributed by atoms with Gasteiger partial charge in [-0.3, -0.25) is 0 Å². The van der Waals surface area contributed by atoms with E-state index in [-0.39, 0.29) is 32.1 Å². The van der Waals surface area contributed by atoms with E-state index >= 15 is 4.48 Å². The van der Waals surface area contributed by atoms with Crippen molar-refractivity contribution in [1.82, 2.24) is 4.79 Å². The van der Waals surface area contributed by atoms with Gasteiger partial charge in [0.2, 0.25) is 0 Å². The lowest BCUT2D eigenvalue weighted by Crippen LogP contribution is -2.44. The first-order chi connectivity index (χ1) is 24.4. The highest BCUT2D eigenvalue weighted by atomic mass is 19.2. The zero-order chi connectivity index (χ0) is 35.5. The van der Waals surface area contributed by atoms with Crippen LogP contribution in [0, 0.1) is 10.8 Å². The minimum Gasteiger partial charge on any atom is -0.497 e. The Labute approximate surface area is 296 Å². The Morgan fingerprint density at radius 3 is 1.98 bits per heavy atom. The fourth-order valence-electron chi connectivity index (χ4n) is 10.3. The molecular weight excluding hydrogens is 641 g/mol. The number of fused-ring (bicyclic) bond motifs is 11. The molecule has 0 unspecified atom stereocenters. The highest BCUT2D eigenvalue weighted by Gasteiger charge is 2.55. The summed E-state index contributed by atoms with van der Waals surface area (Å²) in [4.78, 5) is 12.7. The molecule has 2 heterocycles. The third-order valence-electron chi connectivity index (χ3n) is 11.4. The van der Waals surface area contributed by atoms with Crippen molar-refractivity contribution < 1.29 is 23.1 Å². The minimum atomic E-state index is -1.05. The van der Waals surface area contributed by atoms with E-state index in [1.165, 1.54) is 11.1 Å². The predicted molar refractivity (Wildman–Crippen MR) is 199 cm³/mol. The number of aromatic nitrogens is 1. The molecule has 1 spiro atoms. The van der Waals surface area contributed by atoms with E-state index in [2.05, 4.69) is 64.1 Å². The molecule has 0 radical (unpaired) electrons. The zero-order valence-electron chi connectivity index (χ0n) is 29.7. The van der Waals surface area contributed by atoms with Gasteiger partial charge in [0.1, 0.15) is 22.8 Å². The largest absolute Gasteiger partial charge is 0.497 e. The van der Waals surface area contributed by atoms with Crippen molar-refractivity contribution in [3.8, 4) is 28.4 Å². The molecule has 258 valence electrons. The first-order valence-corrected chi connectivity index (χ1v) is 17.5. The molecule has 0 amide bonds. The average molecular weight is 682 g/mol. The SMILES string of the molecule is COc1ccc(C2(c3ccc(OC)cc3)C=Cc3c4c(c5cc6c(cc5c3O2)oc(=O)n6F)-c2ccccc2C42CC(C)(C)CC(C)(C)C2)cc1. The maximum atomic E-state index is 15.4. The van der Waals surface area contributed by atoms with Gasteiger partial charge >= 0.3 is 5.76 Å². The predicted octanol–water partition coefficient (Wildman–Crippen LogP) is 10.3.